The Hall–Kier alpha value is -2.66. The van der Waals surface area contributed by atoms with Crippen LogP contribution in [0.4, 0.5) is 0 Å². The largest absolute Gasteiger partial charge is 0.276 e. The third-order valence-electron chi connectivity index (χ3n) is 3.78. The lowest BCUT2D eigenvalue weighted by molar-refractivity contribution is 0.584. The molecular formula is C19H18N2O2S. The number of nitrogens with zero attached hydrogens (tertiary/aromatic N) is 1. The molecule has 0 aromatic heterocycles. The van der Waals surface area contributed by atoms with Gasteiger partial charge < -0.3 is 0 Å². The van der Waals surface area contributed by atoms with Crippen LogP contribution in [-0.2, 0) is 10.0 Å². The van der Waals surface area contributed by atoms with Crippen molar-refractivity contribution in [3.05, 3.63) is 89.1 Å². The Bertz CT molecular complexity index is 913. The van der Waals surface area contributed by atoms with E-state index in [9.17, 15) is 8.42 Å². The maximum Gasteiger partial charge on any atom is 0.276 e. The summed E-state index contributed by atoms with van der Waals surface area (Å²) in [5.74, 6) is 0. The Morgan fingerprint density at radius 1 is 1.04 bits per heavy atom. The molecule has 4 nitrogen and oxygen atoms in total. The van der Waals surface area contributed by atoms with Gasteiger partial charge in [-0.3, -0.25) is 0 Å². The smallest absolute Gasteiger partial charge is 0.200 e. The standard InChI is InChI=1S/C19H18N2O2S/c1-15-9-11-19(12-10-15)24(22,23)21-20-14-18-8-4-6-16-5-2-3-7-17(18)13-16/h2-12,14,21H,13H2,1H3/b20-14+. The van der Waals surface area contributed by atoms with E-state index < -0.39 is 10.0 Å². The first-order valence-electron chi connectivity index (χ1n) is 7.61. The Kier molecular flexibility index (Phi) is 4.62. The molecule has 2 aliphatic carbocycles. The molecule has 3 rings (SSSR count). The lowest BCUT2D eigenvalue weighted by atomic mass is 10.0. The molecule has 0 spiro atoms. The summed E-state index contributed by atoms with van der Waals surface area (Å²) in [5, 5.41) is 3.94. The number of rotatable bonds is 4. The highest BCUT2D eigenvalue weighted by atomic mass is 32.2. The van der Waals surface area contributed by atoms with Crippen LogP contribution in [0.5, 0.6) is 0 Å². The van der Waals surface area contributed by atoms with Gasteiger partial charge in [-0.1, -0.05) is 60.2 Å². The molecule has 0 unspecified atom stereocenters. The van der Waals surface area contributed by atoms with Gasteiger partial charge in [-0.15, -0.1) is 0 Å². The molecule has 24 heavy (non-hydrogen) atoms. The van der Waals surface area contributed by atoms with Gasteiger partial charge in [0.1, 0.15) is 0 Å². The molecule has 0 amide bonds. The van der Waals surface area contributed by atoms with Crippen molar-refractivity contribution in [2.24, 2.45) is 5.10 Å². The Morgan fingerprint density at radius 3 is 2.58 bits per heavy atom. The topological polar surface area (TPSA) is 58.5 Å². The average molecular weight is 338 g/mol. The SMILES string of the molecule is Cc1ccc(S(=O)(=O)N/N=C/C2=CC=CC3=CC=CC=C2C3)cc1. The van der Waals surface area contributed by atoms with E-state index in [1.165, 1.54) is 5.57 Å². The van der Waals surface area contributed by atoms with Gasteiger partial charge in [-0.05, 0) is 42.2 Å². The van der Waals surface area contributed by atoms with Crippen LogP contribution >= 0.6 is 0 Å². The minimum atomic E-state index is -3.65. The molecule has 122 valence electrons. The molecule has 0 saturated heterocycles. The van der Waals surface area contributed by atoms with Crippen LogP contribution in [0.3, 0.4) is 0 Å². The maximum absolute atomic E-state index is 12.2. The van der Waals surface area contributed by atoms with Crippen LogP contribution in [0.15, 0.2) is 93.5 Å². The summed E-state index contributed by atoms with van der Waals surface area (Å²) in [7, 11) is -3.65. The van der Waals surface area contributed by atoms with Crippen molar-refractivity contribution in [3.8, 4) is 0 Å². The number of hydrogen-bond acceptors (Lipinski definition) is 3. The summed E-state index contributed by atoms with van der Waals surface area (Å²) in [6.07, 6.45) is 16.3. The number of hydrazone groups is 1. The van der Waals surface area contributed by atoms with Gasteiger partial charge in [0.15, 0.2) is 0 Å². The van der Waals surface area contributed by atoms with Crippen LogP contribution in [-0.4, -0.2) is 14.6 Å². The predicted octanol–water partition coefficient (Wildman–Crippen LogP) is 3.57. The van der Waals surface area contributed by atoms with Gasteiger partial charge in [-0.2, -0.15) is 13.5 Å². The van der Waals surface area contributed by atoms with E-state index in [0.29, 0.717) is 0 Å². The molecule has 0 radical (unpaired) electrons. The van der Waals surface area contributed by atoms with Crippen LogP contribution in [0.25, 0.3) is 0 Å². The summed E-state index contributed by atoms with van der Waals surface area (Å²) in [6.45, 7) is 1.91. The lowest BCUT2D eigenvalue weighted by Crippen LogP contribution is -2.18. The zero-order chi connectivity index (χ0) is 17.0. The molecule has 2 aliphatic rings. The predicted molar refractivity (Wildman–Crippen MR) is 97.1 cm³/mol. The molecule has 0 saturated carbocycles. The van der Waals surface area contributed by atoms with Crippen molar-refractivity contribution in [2.75, 3.05) is 0 Å². The summed E-state index contributed by atoms with van der Waals surface area (Å²) < 4.78 is 24.5. The van der Waals surface area contributed by atoms with E-state index in [2.05, 4.69) is 16.0 Å². The molecule has 0 atom stereocenters. The van der Waals surface area contributed by atoms with Gasteiger partial charge in [-0.25, -0.2) is 4.83 Å². The van der Waals surface area contributed by atoms with Crippen molar-refractivity contribution < 1.29 is 8.42 Å². The fraction of sp³-hybridized carbons (Fsp3) is 0.105. The summed E-state index contributed by atoms with van der Waals surface area (Å²) in [5.41, 5.74) is 4.19. The third kappa shape index (κ3) is 3.81. The van der Waals surface area contributed by atoms with Gasteiger partial charge in [0, 0.05) is 0 Å². The second-order valence-corrected chi connectivity index (χ2v) is 7.30. The Labute approximate surface area is 142 Å². The summed E-state index contributed by atoms with van der Waals surface area (Å²) >= 11 is 0. The number of allylic oxidation sites excluding steroid dienone is 10. The summed E-state index contributed by atoms with van der Waals surface area (Å²) in [6, 6.07) is 6.65. The zero-order valence-corrected chi connectivity index (χ0v) is 14.1. The molecule has 0 aliphatic heterocycles. The first-order valence-corrected chi connectivity index (χ1v) is 9.10. The van der Waals surface area contributed by atoms with E-state index in [4.69, 9.17) is 0 Å². The Morgan fingerprint density at radius 2 is 1.79 bits per heavy atom. The van der Waals surface area contributed by atoms with Crippen molar-refractivity contribution in [1.29, 1.82) is 0 Å². The molecular weight excluding hydrogens is 320 g/mol. The minimum Gasteiger partial charge on any atom is -0.200 e. The fourth-order valence-electron chi connectivity index (χ4n) is 2.45. The number of nitrogens with one attached hydrogen (secondary N) is 1. The van der Waals surface area contributed by atoms with E-state index in [0.717, 1.165) is 23.1 Å². The first-order chi connectivity index (χ1) is 11.5. The van der Waals surface area contributed by atoms with E-state index >= 15 is 0 Å². The molecule has 0 heterocycles. The van der Waals surface area contributed by atoms with E-state index in [1.54, 1.807) is 30.5 Å². The van der Waals surface area contributed by atoms with Crippen molar-refractivity contribution in [3.63, 3.8) is 0 Å². The van der Waals surface area contributed by atoms with Gasteiger partial charge in [0.2, 0.25) is 0 Å². The highest BCUT2D eigenvalue weighted by Crippen LogP contribution is 2.24. The third-order valence-corrected chi connectivity index (χ3v) is 5.02. The monoisotopic (exact) mass is 338 g/mol. The highest BCUT2D eigenvalue weighted by molar-refractivity contribution is 7.89. The Balaban J connectivity index is 1.76. The molecule has 1 aromatic carbocycles. The van der Waals surface area contributed by atoms with Crippen LogP contribution < -0.4 is 4.83 Å². The van der Waals surface area contributed by atoms with Crippen molar-refractivity contribution in [1.82, 2.24) is 4.83 Å². The van der Waals surface area contributed by atoms with Gasteiger partial charge >= 0.3 is 0 Å². The van der Waals surface area contributed by atoms with E-state index in [1.807, 2.05) is 43.4 Å². The summed E-state index contributed by atoms with van der Waals surface area (Å²) in [4.78, 5) is 2.46. The normalized spacial score (nSPS) is 17.0. The first kappa shape index (κ1) is 16.2. The zero-order valence-electron chi connectivity index (χ0n) is 13.3. The minimum absolute atomic E-state index is 0.196. The van der Waals surface area contributed by atoms with Crippen LogP contribution in [0, 0.1) is 6.92 Å². The van der Waals surface area contributed by atoms with Gasteiger partial charge in [0.25, 0.3) is 10.0 Å². The number of sulfonamides is 1. The molecule has 5 heteroatoms. The number of hydrogen-bond donors (Lipinski definition) is 1. The highest BCUT2D eigenvalue weighted by Gasteiger charge is 2.13. The molecule has 1 aromatic rings. The maximum atomic E-state index is 12.2. The molecule has 2 bridgehead atoms. The average Bonchev–Trinajstić information content (AvgIpc) is 2.90. The lowest BCUT2D eigenvalue weighted by Gasteiger charge is -2.06. The van der Waals surface area contributed by atoms with Crippen LogP contribution in [0.2, 0.25) is 0 Å². The second-order valence-electron chi connectivity index (χ2n) is 5.64. The number of fused-ring (bicyclic) bond motifs is 2. The van der Waals surface area contributed by atoms with Crippen molar-refractivity contribution in [2.45, 2.75) is 18.2 Å². The quantitative estimate of drug-likeness (QED) is 0.674. The molecule has 1 N–H and O–H groups in total. The number of benzene rings is 1. The molecule has 0 fully saturated rings. The second kappa shape index (κ2) is 6.84. The van der Waals surface area contributed by atoms with Gasteiger partial charge in [0.05, 0.1) is 11.1 Å². The van der Waals surface area contributed by atoms with Crippen LogP contribution in [0.1, 0.15) is 12.0 Å². The number of aryl methyl sites for hydroxylation is 1. The van der Waals surface area contributed by atoms with E-state index in [-0.39, 0.29) is 4.90 Å². The van der Waals surface area contributed by atoms with Crippen molar-refractivity contribution >= 4 is 16.2 Å². The fourth-order valence-corrected chi connectivity index (χ4v) is 3.24.